The van der Waals surface area contributed by atoms with Crippen LogP contribution in [0.2, 0.25) is 0 Å². The van der Waals surface area contributed by atoms with Crippen molar-refractivity contribution < 1.29 is 42.9 Å². The Hall–Kier alpha value is -3.20. The number of amides is 1. The van der Waals surface area contributed by atoms with Crippen LogP contribution < -0.4 is 36.9 Å². The molecule has 2 aromatic rings. The van der Waals surface area contributed by atoms with Crippen LogP contribution in [0, 0.1) is 0 Å². The first-order valence-corrected chi connectivity index (χ1v) is 12.1. The van der Waals surface area contributed by atoms with Gasteiger partial charge < -0.3 is 45.9 Å². The highest BCUT2D eigenvalue weighted by molar-refractivity contribution is 7.52. The smallest absolute Gasteiger partial charge is 0.356 e. The van der Waals surface area contributed by atoms with E-state index >= 15 is 0 Å². The zero-order valence-corrected chi connectivity index (χ0v) is 21.1. The van der Waals surface area contributed by atoms with Crippen LogP contribution in [0.1, 0.15) is 18.1 Å². The molecule has 200 valence electrons. The summed E-state index contributed by atoms with van der Waals surface area (Å²) < 4.78 is 30.6. The van der Waals surface area contributed by atoms with Crippen LogP contribution >= 0.6 is 7.60 Å². The van der Waals surface area contributed by atoms with Crippen LogP contribution in [0.15, 0.2) is 18.3 Å². The van der Waals surface area contributed by atoms with Crippen molar-refractivity contribution in [2.75, 3.05) is 39.4 Å². The Morgan fingerprint density at radius 3 is 2.06 bits per heavy atom. The Kier molecular flexibility index (Phi) is 10.2. The molecule has 1 aromatic carbocycles. The van der Waals surface area contributed by atoms with Gasteiger partial charge in [-0.2, -0.15) is 4.98 Å². The first-order valence-electron chi connectivity index (χ1n) is 10.4. The van der Waals surface area contributed by atoms with E-state index in [2.05, 4.69) is 25.0 Å². The number of rotatable bonds is 6. The zero-order valence-electron chi connectivity index (χ0n) is 20.2. The maximum absolute atomic E-state index is 10.2. The topological polar surface area (TPSA) is 240 Å². The number of carbonyl (C=O) groups excluding carboxylic acids is 1. The van der Waals surface area contributed by atoms with Crippen molar-refractivity contribution in [3.8, 4) is 17.2 Å². The standard InChI is InChI=1S/C14H18N4O3.C3H6N2O2.C3H7O4P/c1-19-10-5-8(6-11(20-2)12(10)21-3)4-9-7-17-14(16)18-13(9)15;4-2-1-7-5-3(2)6;1-2-3(7-2)8(4,5)6/h5-7H,4H2,1-3H3,(H4,15,16,17,18);2H,1,4H2,(H,5,6);2-3H,1H3,(H2,4,5,6)/t;2-;2-,3+/m.10/s1. The minimum Gasteiger partial charge on any atom is -0.493 e. The van der Waals surface area contributed by atoms with E-state index in [9.17, 15) is 9.36 Å². The Balaban J connectivity index is 0.000000246. The lowest BCUT2D eigenvalue weighted by Gasteiger charge is -2.14. The first kappa shape index (κ1) is 29.0. The predicted molar refractivity (Wildman–Crippen MR) is 128 cm³/mol. The third-order valence-electron chi connectivity index (χ3n) is 4.82. The number of ether oxygens (including phenoxy) is 4. The molecule has 3 atom stereocenters. The van der Waals surface area contributed by atoms with Crippen molar-refractivity contribution in [3.05, 3.63) is 29.5 Å². The maximum atomic E-state index is 10.2. The molecule has 0 bridgehead atoms. The van der Waals surface area contributed by atoms with E-state index in [1.807, 2.05) is 12.1 Å². The Labute approximate surface area is 207 Å². The molecule has 0 radical (unpaired) electrons. The number of hydrogen-bond donors (Lipinski definition) is 6. The number of epoxide rings is 1. The quantitative estimate of drug-likeness (QED) is 0.205. The fraction of sp³-hybridized carbons (Fsp3) is 0.450. The lowest BCUT2D eigenvalue weighted by Crippen LogP contribution is -2.31. The van der Waals surface area contributed by atoms with Gasteiger partial charge in [-0.3, -0.25) is 14.2 Å². The Morgan fingerprint density at radius 2 is 1.75 bits per heavy atom. The van der Waals surface area contributed by atoms with Crippen LogP contribution in [0.3, 0.4) is 0 Å². The summed E-state index contributed by atoms with van der Waals surface area (Å²) in [5.41, 5.74) is 20.3. The lowest BCUT2D eigenvalue weighted by molar-refractivity contribution is -0.124. The van der Waals surface area contributed by atoms with E-state index in [1.54, 1.807) is 34.4 Å². The van der Waals surface area contributed by atoms with Crippen LogP contribution in [-0.4, -0.2) is 71.6 Å². The molecular weight excluding hydrogens is 499 g/mol. The third-order valence-corrected chi connectivity index (χ3v) is 6.02. The van der Waals surface area contributed by atoms with Crippen LogP contribution in [0.4, 0.5) is 11.8 Å². The van der Waals surface area contributed by atoms with Gasteiger partial charge in [-0.05, 0) is 24.6 Å². The summed E-state index contributed by atoms with van der Waals surface area (Å²) in [6.45, 7) is 1.92. The number of benzene rings is 1. The van der Waals surface area contributed by atoms with Crippen molar-refractivity contribution in [1.29, 1.82) is 0 Å². The molecule has 9 N–H and O–H groups in total. The van der Waals surface area contributed by atoms with E-state index < -0.39 is 19.5 Å². The van der Waals surface area contributed by atoms with Crippen molar-refractivity contribution in [1.82, 2.24) is 15.4 Å². The average molecular weight is 530 g/mol. The summed E-state index contributed by atoms with van der Waals surface area (Å²) in [5, 5.41) is 0. The number of anilines is 2. The molecule has 2 aliphatic heterocycles. The lowest BCUT2D eigenvalue weighted by atomic mass is 10.1. The number of nitrogen functional groups attached to an aromatic ring is 2. The van der Waals surface area contributed by atoms with Crippen molar-refractivity contribution in [3.63, 3.8) is 0 Å². The number of carbonyl (C=O) groups is 1. The van der Waals surface area contributed by atoms with Gasteiger partial charge in [-0.15, -0.1) is 0 Å². The largest absolute Gasteiger partial charge is 0.493 e. The fourth-order valence-corrected chi connectivity index (χ4v) is 3.81. The van der Waals surface area contributed by atoms with Crippen molar-refractivity contribution >= 4 is 25.3 Å². The number of nitrogens with zero attached hydrogens (tertiary/aromatic N) is 2. The van der Waals surface area contributed by atoms with Gasteiger partial charge in [0, 0.05) is 18.2 Å². The van der Waals surface area contributed by atoms with E-state index in [4.69, 9.17) is 41.2 Å². The highest BCUT2D eigenvalue weighted by atomic mass is 31.2. The van der Waals surface area contributed by atoms with Gasteiger partial charge in [-0.25, -0.2) is 10.5 Å². The van der Waals surface area contributed by atoms with Gasteiger partial charge in [0.2, 0.25) is 11.7 Å². The monoisotopic (exact) mass is 530 g/mol. The second-order valence-corrected chi connectivity index (χ2v) is 9.24. The average Bonchev–Trinajstić information content (AvgIpc) is 3.47. The molecule has 0 spiro atoms. The molecule has 3 heterocycles. The van der Waals surface area contributed by atoms with E-state index in [0.29, 0.717) is 36.1 Å². The maximum Gasteiger partial charge on any atom is 0.356 e. The molecule has 15 nitrogen and oxygen atoms in total. The molecule has 2 saturated heterocycles. The minimum absolute atomic E-state index is 0.154. The van der Waals surface area contributed by atoms with Gasteiger partial charge in [0.05, 0.1) is 34.0 Å². The van der Waals surface area contributed by atoms with Gasteiger partial charge in [0.15, 0.2) is 17.3 Å². The van der Waals surface area contributed by atoms with E-state index in [1.165, 1.54) is 0 Å². The van der Waals surface area contributed by atoms with Crippen molar-refractivity contribution in [2.24, 2.45) is 5.73 Å². The van der Waals surface area contributed by atoms with E-state index in [0.717, 1.165) is 11.1 Å². The molecule has 0 aliphatic carbocycles. The minimum atomic E-state index is -3.90. The fourth-order valence-electron chi connectivity index (χ4n) is 2.91. The number of aromatic nitrogens is 2. The predicted octanol–water partition coefficient (Wildman–Crippen LogP) is -0.458. The summed E-state index contributed by atoms with van der Waals surface area (Å²) in [6, 6.07) is 3.26. The third kappa shape index (κ3) is 8.19. The number of nitrogens with two attached hydrogens (primary N) is 3. The first-order chi connectivity index (χ1) is 16.9. The summed E-state index contributed by atoms with van der Waals surface area (Å²) in [7, 11) is 0.799. The van der Waals surface area contributed by atoms with Crippen LogP contribution in [0.5, 0.6) is 17.2 Å². The molecule has 1 amide bonds. The molecule has 1 aromatic heterocycles. The summed E-state index contributed by atoms with van der Waals surface area (Å²) in [6.07, 6.45) is 1.89. The van der Waals surface area contributed by atoms with Crippen LogP contribution in [-0.2, 0) is 25.4 Å². The second kappa shape index (κ2) is 12.7. The molecule has 36 heavy (non-hydrogen) atoms. The van der Waals surface area contributed by atoms with Crippen molar-refractivity contribution in [2.45, 2.75) is 31.3 Å². The summed E-state index contributed by atoms with van der Waals surface area (Å²) in [5.74, 6) is 1.17. The van der Waals surface area contributed by atoms with Gasteiger partial charge in [0.25, 0.3) is 5.91 Å². The zero-order chi connectivity index (χ0) is 27.0. The summed E-state index contributed by atoms with van der Waals surface area (Å²) >= 11 is 0. The molecule has 16 heteroatoms. The highest BCUT2D eigenvalue weighted by Crippen LogP contribution is 2.52. The normalized spacial score (nSPS) is 20.2. The molecule has 2 fully saturated rings. The number of hydrogen-bond acceptors (Lipinski definition) is 12. The van der Waals surface area contributed by atoms with Gasteiger partial charge in [-0.1, -0.05) is 0 Å². The molecule has 2 aliphatic rings. The molecule has 0 unspecified atom stereocenters. The number of hydroxylamine groups is 1. The molecule has 4 rings (SSSR count). The summed E-state index contributed by atoms with van der Waals surface area (Å²) in [4.78, 5) is 39.2. The number of methoxy groups -OCH3 is 3. The Bertz CT molecular complexity index is 1070. The van der Waals surface area contributed by atoms with E-state index in [-0.39, 0.29) is 18.0 Å². The Morgan fingerprint density at radius 1 is 1.17 bits per heavy atom. The van der Waals surface area contributed by atoms with Crippen LogP contribution in [0.25, 0.3) is 0 Å². The molecule has 0 saturated carbocycles. The van der Waals surface area contributed by atoms with Gasteiger partial charge >= 0.3 is 7.60 Å². The SMILES string of the molecule is COc1cc(Cc2cnc(N)nc2N)cc(OC)c1OC.C[C@@H]1O[C@@H]1P(=O)(O)O.N[C@@H]1CONC1=O. The number of nitrogens with one attached hydrogen (secondary N) is 1. The highest BCUT2D eigenvalue weighted by Gasteiger charge is 2.48. The second-order valence-electron chi connectivity index (χ2n) is 7.55. The molecular formula is C20H31N6O9P. The van der Waals surface area contributed by atoms with Gasteiger partial charge in [0.1, 0.15) is 11.9 Å².